The predicted octanol–water partition coefficient (Wildman–Crippen LogP) is 1.56. The molecule has 1 aliphatic heterocycles. The van der Waals surface area contributed by atoms with E-state index in [0.717, 1.165) is 0 Å². The number of nitrogens with zero attached hydrogens (tertiary/aromatic N) is 1. The minimum Gasteiger partial charge on any atom is -0.436 e. The van der Waals surface area contributed by atoms with Gasteiger partial charge in [-0.05, 0) is 30.3 Å². The Kier molecular flexibility index (Phi) is 7.17. The highest BCUT2D eigenvalue weighted by molar-refractivity contribution is 6.43. The lowest BCUT2D eigenvalue weighted by molar-refractivity contribution is -0.299. The molecule has 4 rings (SSSR count). The van der Waals surface area contributed by atoms with Gasteiger partial charge in [0.2, 0.25) is 11.8 Å². The minimum atomic E-state index is -1.60. The number of benzene rings is 2. The number of hydrogen-bond acceptors (Lipinski definition) is 9. The predicted molar refractivity (Wildman–Crippen MR) is 118 cm³/mol. The number of anilines is 1. The molecule has 2 heterocycles. The van der Waals surface area contributed by atoms with Crippen molar-refractivity contribution in [3.8, 4) is 11.5 Å². The number of ether oxygens (including phenoxy) is 2. The van der Waals surface area contributed by atoms with Gasteiger partial charge in [-0.25, -0.2) is 4.98 Å². The van der Waals surface area contributed by atoms with Crippen molar-refractivity contribution < 1.29 is 39.1 Å². The number of nitrogens with one attached hydrogen (secondary N) is 1. The maximum atomic E-state index is 12.3. The third-order valence-corrected chi connectivity index (χ3v) is 5.90. The number of amides is 1. The number of fused-ring (bicyclic) bond motifs is 1. The van der Waals surface area contributed by atoms with Gasteiger partial charge in [0.05, 0.1) is 22.2 Å². The number of aromatic nitrogens is 1. The lowest BCUT2D eigenvalue weighted by Gasteiger charge is -2.39. The van der Waals surface area contributed by atoms with Crippen LogP contribution >= 0.6 is 23.2 Å². The second kappa shape index (κ2) is 9.92. The van der Waals surface area contributed by atoms with Crippen LogP contribution in [0.5, 0.6) is 0 Å². The number of oxazole rings is 1. The summed E-state index contributed by atoms with van der Waals surface area (Å²) in [6, 6.07) is 9.90. The lowest BCUT2D eigenvalue weighted by Crippen LogP contribution is -2.59. The van der Waals surface area contributed by atoms with Gasteiger partial charge in [-0.2, -0.15) is 0 Å². The first-order valence-corrected chi connectivity index (χ1v) is 10.6. The second-order valence-corrected chi connectivity index (χ2v) is 8.14. The van der Waals surface area contributed by atoms with Crippen molar-refractivity contribution >= 4 is 45.9 Å². The molecule has 1 fully saturated rings. The van der Waals surface area contributed by atoms with Gasteiger partial charge in [0, 0.05) is 5.69 Å². The Balaban J connectivity index is 1.41. The first-order valence-electron chi connectivity index (χ1n) is 9.85. The van der Waals surface area contributed by atoms with Crippen molar-refractivity contribution in [2.24, 2.45) is 0 Å². The Morgan fingerprint density at radius 1 is 1.12 bits per heavy atom. The van der Waals surface area contributed by atoms with Gasteiger partial charge in [0.25, 0.3) is 0 Å². The van der Waals surface area contributed by atoms with Crippen LogP contribution in [0.4, 0.5) is 5.69 Å². The first-order chi connectivity index (χ1) is 15.8. The van der Waals surface area contributed by atoms with Crippen LogP contribution in [0.2, 0.25) is 10.0 Å². The molecule has 0 bridgehead atoms. The van der Waals surface area contributed by atoms with Crippen LogP contribution in [0.3, 0.4) is 0 Å². The molecule has 0 unspecified atom stereocenters. The van der Waals surface area contributed by atoms with Crippen molar-refractivity contribution in [1.29, 1.82) is 0 Å². The zero-order valence-electron chi connectivity index (χ0n) is 16.9. The van der Waals surface area contributed by atoms with E-state index in [1.54, 1.807) is 36.4 Å². The summed E-state index contributed by atoms with van der Waals surface area (Å²) in [5, 5.41) is 42.0. The summed E-state index contributed by atoms with van der Waals surface area (Å²) in [5.74, 6) is -0.306. The highest BCUT2D eigenvalue weighted by Crippen LogP contribution is 2.35. The summed E-state index contributed by atoms with van der Waals surface area (Å²) in [6.07, 6.45) is -7.25. The number of aliphatic hydroxyl groups is 4. The molecule has 12 heteroatoms. The van der Waals surface area contributed by atoms with Crippen LogP contribution in [0, 0.1) is 0 Å². The third kappa shape index (κ3) is 4.98. The second-order valence-electron chi connectivity index (χ2n) is 7.36. The molecular formula is C21H20Cl2N2O8. The fourth-order valence-corrected chi connectivity index (χ4v) is 3.73. The van der Waals surface area contributed by atoms with Crippen LogP contribution < -0.4 is 5.32 Å². The standard InChI is InChI=1S/C21H20Cl2N2O8/c22-11-3-1-2-10(16(11)23)20-25-12-6-9(4-5-13(12)32-20)24-15(27)8-31-21-19(30)18(29)17(28)14(7-26)33-21/h1-6,14,17-19,21,26,28-30H,7-8H2,(H,24,27)/t14-,17+,18+,19-,21-/m1/s1. The van der Waals surface area contributed by atoms with Crippen LogP contribution in [-0.4, -0.2) is 75.2 Å². The van der Waals surface area contributed by atoms with Crippen LogP contribution in [-0.2, 0) is 14.3 Å². The molecule has 0 spiro atoms. The SMILES string of the molecule is O=C(CO[C@@H]1O[C@H](CO)[C@H](O)[C@H](O)[C@H]1O)Nc1ccc2oc(-c3cccc(Cl)c3Cl)nc2c1. The van der Waals surface area contributed by atoms with E-state index in [9.17, 15) is 25.2 Å². The quantitative estimate of drug-likeness (QED) is 0.340. The average Bonchev–Trinajstić information content (AvgIpc) is 3.22. The van der Waals surface area contributed by atoms with Gasteiger partial charge in [-0.15, -0.1) is 0 Å². The van der Waals surface area contributed by atoms with E-state index in [1.807, 2.05) is 0 Å². The number of carbonyl (C=O) groups excluding carboxylic acids is 1. The summed E-state index contributed by atoms with van der Waals surface area (Å²) < 4.78 is 16.2. The van der Waals surface area contributed by atoms with Crippen LogP contribution in [0.25, 0.3) is 22.6 Å². The van der Waals surface area contributed by atoms with E-state index >= 15 is 0 Å². The fraction of sp³-hybridized carbons (Fsp3) is 0.333. The summed E-state index contributed by atoms with van der Waals surface area (Å²) in [5.41, 5.74) is 1.87. The Morgan fingerprint density at radius 3 is 2.67 bits per heavy atom. The van der Waals surface area contributed by atoms with Gasteiger partial charge < -0.3 is 39.6 Å². The zero-order chi connectivity index (χ0) is 23.7. The van der Waals surface area contributed by atoms with E-state index in [-0.39, 0.29) is 5.89 Å². The molecular weight excluding hydrogens is 479 g/mol. The lowest BCUT2D eigenvalue weighted by atomic mass is 9.99. The van der Waals surface area contributed by atoms with E-state index in [2.05, 4.69) is 10.3 Å². The number of rotatable bonds is 6. The van der Waals surface area contributed by atoms with Gasteiger partial charge in [0.1, 0.15) is 36.5 Å². The molecule has 0 radical (unpaired) electrons. The van der Waals surface area contributed by atoms with E-state index < -0.39 is 49.8 Å². The highest BCUT2D eigenvalue weighted by atomic mass is 35.5. The van der Waals surface area contributed by atoms with Gasteiger partial charge in [0.15, 0.2) is 11.9 Å². The summed E-state index contributed by atoms with van der Waals surface area (Å²) in [4.78, 5) is 16.7. The van der Waals surface area contributed by atoms with Crippen molar-refractivity contribution in [3.05, 3.63) is 46.4 Å². The van der Waals surface area contributed by atoms with Crippen LogP contribution in [0.1, 0.15) is 0 Å². The highest BCUT2D eigenvalue weighted by Gasteiger charge is 2.44. The molecule has 1 amide bonds. The first kappa shape index (κ1) is 23.9. The molecule has 1 saturated heterocycles. The minimum absolute atomic E-state index is 0.270. The Hall–Kier alpha value is -2.28. The Labute approximate surface area is 197 Å². The molecule has 3 aromatic rings. The Bertz CT molecular complexity index is 1150. The van der Waals surface area contributed by atoms with E-state index in [4.69, 9.17) is 37.1 Å². The number of carbonyl (C=O) groups is 1. The average molecular weight is 499 g/mol. The maximum Gasteiger partial charge on any atom is 0.250 e. The van der Waals surface area contributed by atoms with Crippen molar-refractivity contribution in [2.45, 2.75) is 30.7 Å². The normalized spacial score (nSPS) is 25.3. The molecule has 10 nitrogen and oxygen atoms in total. The molecule has 0 saturated carbocycles. The topological polar surface area (TPSA) is 155 Å². The van der Waals surface area contributed by atoms with E-state index in [0.29, 0.717) is 32.4 Å². The molecule has 2 aromatic carbocycles. The number of aliphatic hydroxyl groups excluding tert-OH is 4. The third-order valence-electron chi connectivity index (χ3n) is 5.08. The van der Waals surface area contributed by atoms with Gasteiger partial charge in [-0.1, -0.05) is 29.3 Å². The van der Waals surface area contributed by atoms with Crippen molar-refractivity contribution in [1.82, 2.24) is 4.98 Å². The summed E-state index contributed by atoms with van der Waals surface area (Å²) in [6.45, 7) is -1.12. The maximum absolute atomic E-state index is 12.3. The summed E-state index contributed by atoms with van der Waals surface area (Å²) in [7, 11) is 0. The van der Waals surface area contributed by atoms with Gasteiger partial charge in [-0.3, -0.25) is 4.79 Å². The largest absolute Gasteiger partial charge is 0.436 e. The molecule has 5 N–H and O–H groups in total. The molecule has 1 aliphatic rings. The molecule has 1 aromatic heterocycles. The summed E-state index contributed by atoms with van der Waals surface area (Å²) >= 11 is 12.3. The van der Waals surface area contributed by atoms with Crippen LogP contribution in [0.15, 0.2) is 40.8 Å². The van der Waals surface area contributed by atoms with Crippen molar-refractivity contribution in [2.75, 3.05) is 18.5 Å². The van der Waals surface area contributed by atoms with Gasteiger partial charge >= 0.3 is 0 Å². The number of halogens is 2. The zero-order valence-corrected chi connectivity index (χ0v) is 18.4. The smallest absolute Gasteiger partial charge is 0.250 e. The monoisotopic (exact) mass is 498 g/mol. The Morgan fingerprint density at radius 2 is 1.91 bits per heavy atom. The molecule has 0 aliphatic carbocycles. The number of hydrogen-bond donors (Lipinski definition) is 5. The van der Waals surface area contributed by atoms with E-state index in [1.165, 1.54) is 0 Å². The fourth-order valence-electron chi connectivity index (χ4n) is 3.35. The molecule has 5 atom stereocenters. The molecule has 176 valence electrons. The van der Waals surface area contributed by atoms with Crippen molar-refractivity contribution in [3.63, 3.8) is 0 Å². The molecule has 33 heavy (non-hydrogen) atoms.